The van der Waals surface area contributed by atoms with Crippen molar-refractivity contribution in [3.63, 3.8) is 0 Å². The van der Waals surface area contributed by atoms with Gasteiger partial charge in [0.15, 0.2) is 0 Å². The Morgan fingerprint density at radius 3 is 2.38 bits per heavy atom. The SMILES string of the molecule is O=C(O)[C@H]1CC[C@H](C(=O)N2CCOCC2)N1. The van der Waals surface area contributed by atoms with Gasteiger partial charge in [-0.15, -0.1) is 0 Å². The Kier molecular flexibility index (Phi) is 3.40. The van der Waals surface area contributed by atoms with E-state index in [1.165, 1.54) is 0 Å². The normalized spacial score (nSPS) is 30.4. The van der Waals surface area contributed by atoms with E-state index in [9.17, 15) is 9.59 Å². The van der Waals surface area contributed by atoms with Gasteiger partial charge in [0.1, 0.15) is 6.04 Å². The quantitative estimate of drug-likeness (QED) is 0.637. The fourth-order valence-electron chi connectivity index (χ4n) is 2.14. The number of carboxylic acid groups (broad SMARTS) is 1. The summed E-state index contributed by atoms with van der Waals surface area (Å²) in [4.78, 5) is 24.5. The van der Waals surface area contributed by atoms with E-state index >= 15 is 0 Å². The number of rotatable bonds is 2. The van der Waals surface area contributed by atoms with Gasteiger partial charge in [0.25, 0.3) is 0 Å². The van der Waals surface area contributed by atoms with Gasteiger partial charge in [-0.2, -0.15) is 0 Å². The van der Waals surface area contributed by atoms with Crippen molar-refractivity contribution < 1.29 is 19.4 Å². The molecule has 2 aliphatic heterocycles. The Morgan fingerprint density at radius 2 is 1.81 bits per heavy atom. The zero-order chi connectivity index (χ0) is 11.5. The molecule has 2 rings (SSSR count). The summed E-state index contributed by atoms with van der Waals surface area (Å²) in [5.74, 6) is -0.871. The standard InChI is InChI=1S/C10H16N2O4/c13-9(12-3-5-16-6-4-12)7-1-2-8(11-7)10(14)15/h7-8,11H,1-6H2,(H,14,15)/t7-,8-/m1/s1. The fraction of sp³-hybridized carbons (Fsp3) is 0.800. The summed E-state index contributed by atoms with van der Waals surface area (Å²) in [5, 5.41) is 11.7. The minimum atomic E-state index is -0.878. The van der Waals surface area contributed by atoms with E-state index in [-0.39, 0.29) is 11.9 Å². The molecule has 2 atom stereocenters. The summed E-state index contributed by atoms with van der Waals surface area (Å²) in [6, 6.07) is -0.908. The van der Waals surface area contributed by atoms with Crippen molar-refractivity contribution in [2.75, 3.05) is 26.3 Å². The first-order chi connectivity index (χ1) is 7.68. The number of nitrogens with zero attached hydrogens (tertiary/aromatic N) is 1. The Balaban J connectivity index is 1.88. The molecule has 0 aromatic carbocycles. The van der Waals surface area contributed by atoms with Gasteiger partial charge in [0.05, 0.1) is 19.3 Å². The van der Waals surface area contributed by atoms with Gasteiger partial charge < -0.3 is 14.7 Å². The maximum Gasteiger partial charge on any atom is 0.320 e. The molecular formula is C10H16N2O4. The van der Waals surface area contributed by atoms with E-state index in [1.807, 2.05) is 0 Å². The number of carboxylic acids is 1. The molecule has 0 saturated carbocycles. The van der Waals surface area contributed by atoms with E-state index < -0.39 is 12.0 Å². The number of amides is 1. The first-order valence-corrected chi connectivity index (χ1v) is 5.54. The lowest BCUT2D eigenvalue weighted by Gasteiger charge is -2.29. The highest BCUT2D eigenvalue weighted by Gasteiger charge is 2.35. The molecule has 1 amide bonds. The van der Waals surface area contributed by atoms with Crippen LogP contribution < -0.4 is 5.32 Å². The number of ether oxygens (including phenoxy) is 1. The van der Waals surface area contributed by atoms with E-state index in [1.54, 1.807) is 4.90 Å². The second kappa shape index (κ2) is 4.80. The molecule has 2 N–H and O–H groups in total. The van der Waals surface area contributed by atoms with Crippen molar-refractivity contribution in [3.05, 3.63) is 0 Å². The third-order valence-electron chi connectivity index (χ3n) is 3.07. The zero-order valence-electron chi connectivity index (χ0n) is 9.02. The van der Waals surface area contributed by atoms with Crippen LogP contribution in [0.15, 0.2) is 0 Å². The first-order valence-electron chi connectivity index (χ1n) is 5.54. The number of hydrogen-bond donors (Lipinski definition) is 2. The van der Waals surface area contributed by atoms with Crippen molar-refractivity contribution in [1.29, 1.82) is 0 Å². The van der Waals surface area contributed by atoms with Crippen LogP contribution >= 0.6 is 0 Å². The van der Waals surface area contributed by atoms with Crippen molar-refractivity contribution in [3.8, 4) is 0 Å². The highest BCUT2D eigenvalue weighted by atomic mass is 16.5. The van der Waals surface area contributed by atoms with Gasteiger partial charge in [-0.25, -0.2) is 0 Å². The molecule has 0 radical (unpaired) electrons. The predicted octanol–water partition coefficient (Wildman–Crippen LogP) is -0.950. The zero-order valence-corrected chi connectivity index (χ0v) is 9.02. The number of aliphatic carboxylic acids is 1. The van der Waals surface area contributed by atoms with Crippen molar-refractivity contribution >= 4 is 11.9 Å². The Hall–Kier alpha value is -1.14. The van der Waals surface area contributed by atoms with Crippen LogP contribution in [0.4, 0.5) is 0 Å². The second-order valence-corrected chi connectivity index (χ2v) is 4.13. The maximum absolute atomic E-state index is 12.0. The molecule has 2 saturated heterocycles. The molecule has 0 bridgehead atoms. The van der Waals surface area contributed by atoms with E-state index in [4.69, 9.17) is 9.84 Å². The Morgan fingerprint density at radius 1 is 1.19 bits per heavy atom. The van der Waals surface area contributed by atoms with E-state index in [0.29, 0.717) is 39.1 Å². The topological polar surface area (TPSA) is 78.9 Å². The van der Waals surface area contributed by atoms with Crippen molar-refractivity contribution in [2.45, 2.75) is 24.9 Å². The van der Waals surface area contributed by atoms with Crippen LogP contribution in [0, 0.1) is 0 Å². The maximum atomic E-state index is 12.0. The van der Waals surface area contributed by atoms with Crippen LogP contribution in [-0.4, -0.2) is 60.3 Å². The predicted molar refractivity (Wildman–Crippen MR) is 55.0 cm³/mol. The molecule has 16 heavy (non-hydrogen) atoms. The van der Waals surface area contributed by atoms with Crippen molar-refractivity contribution in [1.82, 2.24) is 10.2 Å². The fourth-order valence-corrected chi connectivity index (χ4v) is 2.14. The minimum Gasteiger partial charge on any atom is -0.480 e. The number of carbonyl (C=O) groups is 2. The molecule has 0 aliphatic carbocycles. The summed E-state index contributed by atoms with van der Waals surface area (Å²) in [6.45, 7) is 2.35. The summed E-state index contributed by atoms with van der Waals surface area (Å²) in [5.41, 5.74) is 0. The van der Waals surface area contributed by atoms with Crippen LogP contribution in [0.3, 0.4) is 0 Å². The lowest BCUT2D eigenvalue weighted by atomic mass is 10.1. The number of carbonyl (C=O) groups excluding carboxylic acids is 1. The molecule has 0 aromatic rings. The third-order valence-corrected chi connectivity index (χ3v) is 3.07. The molecule has 6 heteroatoms. The molecule has 2 aliphatic rings. The van der Waals surface area contributed by atoms with Crippen LogP contribution in [0.1, 0.15) is 12.8 Å². The van der Waals surface area contributed by atoms with Gasteiger partial charge in [-0.05, 0) is 12.8 Å². The summed E-state index contributed by atoms with van der Waals surface area (Å²) in [6.07, 6.45) is 1.13. The van der Waals surface area contributed by atoms with Crippen LogP contribution in [0.25, 0.3) is 0 Å². The second-order valence-electron chi connectivity index (χ2n) is 4.13. The largest absolute Gasteiger partial charge is 0.480 e. The lowest BCUT2D eigenvalue weighted by Crippen LogP contribution is -2.50. The van der Waals surface area contributed by atoms with Gasteiger partial charge >= 0.3 is 5.97 Å². The summed E-state index contributed by atoms with van der Waals surface area (Å²) >= 11 is 0. The lowest BCUT2D eigenvalue weighted by molar-refractivity contribution is -0.139. The molecule has 2 heterocycles. The molecule has 0 unspecified atom stereocenters. The van der Waals surface area contributed by atoms with Gasteiger partial charge in [-0.3, -0.25) is 14.9 Å². The monoisotopic (exact) mass is 228 g/mol. The number of morpholine rings is 1. The number of nitrogens with one attached hydrogen (secondary N) is 1. The molecule has 2 fully saturated rings. The highest BCUT2D eigenvalue weighted by molar-refractivity contribution is 5.84. The van der Waals surface area contributed by atoms with Gasteiger partial charge in [-0.1, -0.05) is 0 Å². The third kappa shape index (κ3) is 2.33. The number of hydrogen-bond acceptors (Lipinski definition) is 4. The minimum absolute atomic E-state index is 0.00653. The van der Waals surface area contributed by atoms with Crippen LogP contribution in [-0.2, 0) is 14.3 Å². The highest BCUT2D eigenvalue weighted by Crippen LogP contribution is 2.15. The molecular weight excluding hydrogens is 212 g/mol. The first kappa shape index (κ1) is 11.3. The Labute approximate surface area is 93.6 Å². The van der Waals surface area contributed by atoms with E-state index in [2.05, 4.69) is 5.32 Å². The molecule has 0 spiro atoms. The van der Waals surface area contributed by atoms with Gasteiger partial charge in [0, 0.05) is 13.1 Å². The average Bonchev–Trinajstić information content (AvgIpc) is 2.78. The van der Waals surface area contributed by atoms with Crippen LogP contribution in [0.5, 0.6) is 0 Å². The van der Waals surface area contributed by atoms with E-state index in [0.717, 1.165) is 0 Å². The molecule has 90 valence electrons. The summed E-state index contributed by atoms with van der Waals surface area (Å²) < 4.78 is 5.16. The van der Waals surface area contributed by atoms with Crippen molar-refractivity contribution in [2.24, 2.45) is 0 Å². The van der Waals surface area contributed by atoms with Gasteiger partial charge in [0.2, 0.25) is 5.91 Å². The molecule has 6 nitrogen and oxygen atoms in total. The molecule has 0 aromatic heterocycles. The summed E-state index contributed by atoms with van der Waals surface area (Å²) in [7, 11) is 0. The smallest absolute Gasteiger partial charge is 0.320 e. The Bertz CT molecular complexity index is 289. The van der Waals surface area contributed by atoms with Crippen LogP contribution in [0.2, 0.25) is 0 Å². The average molecular weight is 228 g/mol.